The van der Waals surface area contributed by atoms with Crippen molar-refractivity contribution >= 4 is 29.5 Å². The molecule has 0 saturated heterocycles. The Labute approximate surface area is 153 Å². The molecule has 0 aliphatic rings. The lowest BCUT2D eigenvalue weighted by Crippen LogP contribution is -2.35. The minimum atomic E-state index is -0.260. The summed E-state index contributed by atoms with van der Waals surface area (Å²) in [5, 5.41) is 5.83. The summed E-state index contributed by atoms with van der Waals surface area (Å²) in [7, 11) is 1.52. The molecular formula is C18H25ClN2O4. The van der Waals surface area contributed by atoms with Gasteiger partial charge in [-0.25, -0.2) is 0 Å². The van der Waals surface area contributed by atoms with E-state index in [0.29, 0.717) is 36.2 Å². The molecule has 0 bridgehead atoms. The fourth-order valence-corrected chi connectivity index (χ4v) is 2.25. The van der Waals surface area contributed by atoms with Crippen LogP contribution in [0, 0.1) is 5.92 Å². The van der Waals surface area contributed by atoms with Gasteiger partial charge in [-0.05, 0) is 30.7 Å². The second-order valence-electron chi connectivity index (χ2n) is 5.54. The molecule has 1 rings (SSSR count). The van der Waals surface area contributed by atoms with E-state index in [4.69, 9.17) is 21.1 Å². The van der Waals surface area contributed by atoms with Gasteiger partial charge >= 0.3 is 0 Å². The van der Waals surface area contributed by atoms with Crippen molar-refractivity contribution in [3.63, 3.8) is 0 Å². The summed E-state index contributed by atoms with van der Waals surface area (Å²) in [4.78, 5) is 23.2. The predicted molar refractivity (Wildman–Crippen MR) is 99.1 cm³/mol. The van der Waals surface area contributed by atoms with Crippen LogP contribution in [0.2, 0.25) is 5.02 Å². The van der Waals surface area contributed by atoms with E-state index in [1.807, 2.05) is 20.8 Å². The fourth-order valence-electron chi connectivity index (χ4n) is 1.95. The lowest BCUT2D eigenvalue weighted by Gasteiger charge is -2.11. The van der Waals surface area contributed by atoms with Crippen LogP contribution in [-0.4, -0.2) is 38.6 Å². The molecule has 2 amide bonds. The van der Waals surface area contributed by atoms with Crippen molar-refractivity contribution in [3.05, 3.63) is 28.8 Å². The molecule has 0 atom stereocenters. The highest BCUT2D eigenvalue weighted by Crippen LogP contribution is 2.36. The lowest BCUT2D eigenvalue weighted by molar-refractivity contribution is -0.124. The van der Waals surface area contributed by atoms with Crippen LogP contribution in [0.15, 0.2) is 18.2 Å². The topological polar surface area (TPSA) is 76.7 Å². The van der Waals surface area contributed by atoms with Crippen LogP contribution in [0.4, 0.5) is 0 Å². The van der Waals surface area contributed by atoms with Crippen LogP contribution < -0.4 is 20.1 Å². The first-order chi connectivity index (χ1) is 11.9. The molecule has 25 heavy (non-hydrogen) atoms. The van der Waals surface area contributed by atoms with E-state index in [1.165, 1.54) is 13.2 Å². The Hall–Kier alpha value is -2.21. The molecule has 138 valence electrons. The number of hydrogen-bond donors (Lipinski definition) is 2. The molecule has 7 heteroatoms. The second kappa shape index (κ2) is 10.6. The van der Waals surface area contributed by atoms with Gasteiger partial charge in [0.2, 0.25) is 11.8 Å². The van der Waals surface area contributed by atoms with Crippen molar-refractivity contribution in [2.75, 3.05) is 26.8 Å². The van der Waals surface area contributed by atoms with Gasteiger partial charge in [0, 0.05) is 25.1 Å². The van der Waals surface area contributed by atoms with E-state index >= 15 is 0 Å². The number of methoxy groups -OCH3 is 1. The molecule has 0 fully saturated rings. The summed E-state index contributed by atoms with van der Waals surface area (Å²) in [6.07, 6.45) is 3.04. The normalized spacial score (nSPS) is 10.8. The largest absolute Gasteiger partial charge is 0.491 e. The summed E-state index contributed by atoms with van der Waals surface area (Å²) in [5.74, 6) is 0.611. The number of rotatable bonds is 9. The van der Waals surface area contributed by atoms with Gasteiger partial charge in [0.05, 0.1) is 18.7 Å². The molecule has 0 aromatic heterocycles. The standard InChI is InChI=1S/C18H25ClN2O4/c1-5-25-15-11-13(10-14(19)17(15)24-4)6-7-16(22)20-8-9-21-18(23)12(2)3/h6-7,10-12H,5,8-9H2,1-4H3,(H,20,22)(H,21,23). The van der Waals surface area contributed by atoms with Gasteiger partial charge in [0.15, 0.2) is 11.5 Å². The Morgan fingerprint density at radius 3 is 2.52 bits per heavy atom. The number of hydrogen-bond acceptors (Lipinski definition) is 4. The van der Waals surface area contributed by atoms with Gasteiger partial charge in [-0.2, -0.15) is 0 Å². The SMILES string of the molecule is CCOc1cc(C=CC(=O)NCCNC(=O)C(C)C)cc(Cl)c1OC. The van der Waals surface area contributed by atoms with Crippen LogP contribution in [0.1, 0.15) is 26.3 Å². The smallest absolute Gasteiger partial charge is 0.244 e. The van der Waals surface area contributed by atoms with Gasteiger partial charge in [-0.3, -0.25) is 9.59 Å². The molecule has 0 aliphatic heterocycles. The van der Waals surface area contributed by atoms with Gasteiger partial charge in [-0.15, -0.1) is 0 Å². The zero-order valence-corrected chi connectivity index (χ0v) is 15.8. The molecule has 0 aliphatic carbocycles. The number of carbonyl (C=O) groups is 2. The van der Waals surface area contributed by atoms with E-state index in [2.05, 4.69) is 10.6 Å². The van der Waals surface area contributed by atoms with Crippen LogP contribution in [0.5, 0.6) is 11.5 Å². The lowest BCUT2D eigenvalue weighted by atomic mass is 10.2. The zero-order chi connectivity index (χ0) is 18.8. The first kappa shape index (κ1) is 20.8. The van der Waals surface area contributed by atoms with E-state index in [1.54, 1.807) is 18.2 Å². The zero-order valence-electron chi connectivity index (χ0n) is 15.0. The van der Waals surface area contributed by atoms with E-state index in [9.17, 15) is 9.59 Å². The van der Waals surface area contributed by atoms with E-state index in [0.717, 1.165) is 5.56 Å². The van der Waals surface area contributed by atoms with Gasteiger partial charge in [-0.1, -0.05) is 25.4 Å². The highest BCUT2D eigenvalue weighted by Gasteiger charge is 2.10. The second-order valence-corrected chi connectivity index (χ2v) is 5.94. The molecule has 6 nitrogen and oxygen atoms in total. The Morgan fingerprint density at radius 2 is 1.92 bits per heavy atom. The van der Waals surface area contributed by atoms with Crippen LogP contribution in [-0.2, 0) is 9.59 Å². The summed E-state index contributed by atoms with van der Waals surface area (Å²) in [5.41, 5.74) is 0.720. The molecule has 1 aromatic carbocycles. The number of ether oxygens (including phenoxy) is 2. The average Bonchev–Trinajstić information content (AvgIpc) is 2.56. The quantitative estimate of drug-likeness (QED) is 0.519. The fraction of sp³-hybridized carbons (Fsp3) is 0.444. The maximum atomic E-state index is 11.8. The van der Waals surface area contributed by atoms with Gasteiger partial charge in [0.25, 0.3) is 0 Å². The Morgan fingerprint density at radius 1 is 1.24 bits per heavy atom. The van der Waals surface area contributed by atoms with Crippen LogP contribution in [0.3, 0.4) is 0 Å². The van der Waals surface area contributed by atoms with Gasteiger partial charge in [0.1, 0.15) is 0 Å². The third-order valence-electron chi connectivity index (χ3n) is 3.21. The molecule has 0 spiro atoms. The third-order valence-corrected chi connectivity index (χ3v) is 3.49. The maximum absolute atomic E-state index is 11.8. The monoisotopic (exact) mass is 368 g/mol. The van der Waals surface area contributed by atoms with Gasteiger partial charge < -0.3 is 20.1 Å². The number of nitrogens with one attached hydrogen (secondary N) is 2. The predicted octanol–water partition coefficient (Wildman–Crippen LogP) is 2.65. The Balaban J connectivity index is 2.60. The molecule has 0 unspecified atom stereocenters. The molecule has 0 radical (unpaired) electrons. The number of carbonyl (C=O) groups excluding carboxylic acids is 2. The Kier molecular flexibility index (Phi) is 8.84. The highest BCUT2D eigenvalue weighted by atomic mass is 35.5. The van der Waals surface area contributed by atoms with Crippen molar-refractivity contribution in [3.8, 4) is 11.5 Å². The van der Waals surface area contributed by atoms with Crippen molar-refractivity contribution in [2.45, 2.75) is 20.8 Å². The molecular weight excluding hydrogens is 344 g/mol. The summed E-state index contributed by atoms with van der Waals surface area (Å²) in [6, 6.07) is 3.44. The first-order valence-electron chi connectivity index (χ1n) is 8.13. The number of amides is 2. The third kappa shape index (κ3) is 7.05. The van der Waals surface area contributed by atoms with E-state index in [-0.39, 0.29) is 17.7 Å². The maximum Gasteiger partial charge on any atom is 0.244 e. The summed E-state index contributed by atoms with van der Waals surface area (Å²) in [6.45, 7) is 6.71. The van der Waals surface area contributed by atoms with Crippen LogP contribution in [0.25, 0.3) is 6.08 Å². The highest BCUT2D eigenvalue weighted by molar-refractivity contribution is 6.32. The molecule has 1 aromatic rings. The van der Waals surface area contributed by atoms with Crippen LogP contribution >= 0.6 is 11.6 Å². The Bertz CT molecular complexity index is 630. The number of benzene rings is 1. The van der Waals surface area contributed by atoms with Crippen molar-refractivity contribution in [1.82, 2.24) is 10.6 Å². The van der Waals surface area contributed by atoms with E-state index < -0.39 is 0 Å². The molecule has 0 saturated carbocycles. The van der Waals surface area contributed by atoms with Crippen molar-refractivity contribution in [1.29, 1.82) is 0 Å². The summed E-state index contributed by atoms with van der Waals surface area (Å²) < 4.78 is 10.7. The molecule has 2 N–H and O–H groups in total. The minimum Gasteiger partial charge on any atom is -0.491 e. The average molecular weight is 369 g/mol. The number of halogens is 1. The summed E-state index contributed by atoms with van der Waals surface area (Å²) >= 11 is 6.16. The van der Waals surface area contributed by atoms with Crippen molar-refractivity contribution in [2.24, 2.45) is 5.92 Å². The minimum absolute atomic E-state index is 0.0406. The van der Waals surface area contributed by atoms with Crippen molar-refractivity contribution < 1.29 is 19.1 Å². The first-order valence-corrected chi connectivity index (χ1v) is 8.50. The molecule has 0 heterocycles.